The van der Waals surface area contributed by atoms with Crippen molar-refractivity contribution in [3.63, 3.8) is 0 Å². The maximum absolute atomic E-state index is 4.21. The Balaban J connectivity index is 2.38. The van der Waals surface area contributed by atoms with E-state index in [1.54, 1.807) is 0 Å². The van der Waals surface area contributed by atoms with Crippen LogP contribution in [0, 0.1) is 0 Å². The molecule has 1 aromatic heterocycles. The van der Waals surface area contributed by atoms with Crippen LogP contribution in [0.25, 0.3) is 0 Å². The highest BCUT2D eigenvalue weighted by Gasteiger charge is 2.26. The lowest BCUT2D eigenvalue weighted by Crippen LogP contribution is -1.95. The molecule has 0 aromatic carbocycles. The van der Waals surface area contributed by atoms with E-state index in [1.807, 2.05) is 11.7 Å². The van der Waals surface area contributed by atoms with Gasteiger partial charge in [-0.05, 0) is 34.8 Å². The molecule has 0 radical (unpaired) electrons. The molecule has 54 valence electrons. The molecule has 10 heavy (non-hydrogen) atoms. The first-order chi connectivity index (χ1) is 4.77. The van der Waals surface area contributed by atoms with Gasteiger partial charge in [0.2, 0.25) is 0 Å². The fourth-order valence-electron chi connectivity index (χ4n) is 1.21. The molecule has 0 unspecified atom stereocenters. The van der Waals surface area contributed by atoms with E-state index in [0.717, 1.165) is 10.5 Å². The summed E-state index contributed by atoms with van der Waals surface area (Å²) in [5, 5.41) is 4.21. The minimum absolute atomic E-state index is 0.795. The standard InChI is InChI=1S/C7H9BrN2/c1-10-6(5-2-3-5)4-7(8)9-10/h4-5H,2-3H2,1H3. The molecule has 2 nitrogen and oxygen atoms in total. The van der Waals surface area contributed by atoms with Crippen LogP contribution in [0.2, 0.25) is 0 Å². The fourth-order valence-corrected chi connectivity index (χ4v) is 1.68. The van der Waals surface area contributed by atoms with E-state index in [1.165, 1.54) is 18.5 Å². The maximum Gasteiger partial charge on any atom is 0.128 e. The summed E-state index contributed by atoms with van der Waals surface area (Å²) in [4.78, 5) is 0. The first-order valence-electron chi connectivity index (χ1n) is 3.47. The number of hydrogen-bond donors (Lipinski definition) is 0. The summed E-state index contributed by atoms with van der Waals surface area (Å²) in [5.74, 6) is 0.795. The summed E-state index contributed by atoms with van der Waals surface area (Å²) in [5.41, 5.74) is 1.37. The number of aryl methyl sites for hydroxylation is 1. The average molecular weight is 201 g/mol. The normalized spacial score (nSPS) is 17.8. The number of aromatic nitrogens is 2. The Labute approximate surface area is 68.4 Å². The Morgan fingerprint density at radius 3 is 2.80 bits per heavy atom. The molecular weight excluding hydrogens is 192 g/mol. The molecule has 1 aliphatic rings. The van der Waals surface area contributed by atoms with Crippen LogP contribution in [0.1, 0.15) is 24.5 Å². The molecule has 0 bridgehead atoms. The smallest absolute Gasteiger partial charge is 0.128 e. The van der Waals surface area contributed by atoms with Gasteiger partial charge in [0.15, 0.2) is 0 Å². The van der Waals surface area contributed by atoms with Gasteiger partial charge in [0.25, 0.3) is 0 Å². The molecule has 1 heterocycles. The van der Waals surface area contributed by atoms with Gasteiger partial charge >= 0.3 is 0 Å². The summed E-state index contributed by atoms with van der Waals surface area (Å²) in [6.45, 7) is 0. The summed E-state index contributed by atoms with van der Waals surface area (Å²) >= 11 is 3.35. The second-order valence-corrected chi connectivity index (χ2v) is 3.60. The monoisotopic (exact) mass is 200 g/mol. The molecule has 0 spiro atoms. The highest BCUT2D eigenvalue weighted by molar-refractivity contribution is 9.10. The van der Waals surface area contributed by atoms with Crippen molar-refractivity contribution in [3.05, 3.63) is 16.4 Å². The highest BCUT2D eigenvalue weighted by Crippen LogP contribution is 2.40. The predicted octanol–water partition coefficient (Wildman–Crippen LogP) is 2.06. The molecule has 0 atom stereocenters. The quantitative estimate of drug-likeness (QED) is 0.679. The Bertz CT molecular complexity index is 250. The Morgan fingerprint density at radius 2 is 2.40 bits per heavy atom. The predicted molar refractivity (Wildman–Crippen MR) is 42.9 cm³/mol. The van der Waals surface area contributed by atoms with E-state index in [0.29, 0.717) is 0 Å². The van der Waals surface area contributed by atoms with Crippen molar-refractivity contribution in [1.29, 1.82) is 0 Å². The van der Waals surface area contributed by atoms with Gasteiger partial charge in [0.05, 0.1) is 0 Å². The Hall–Kier alpha value is -0.310. The minimum atomic E-state index is 0.795. The molecule has 3 heteroatoms. The van der Waals surface area contributed by atoms with Gasteiger partial charge in [-0.3, -0.25) is 4.68 Å². The van der Waals surface area contributed by atoms with Gasteiger partial charge in [0, 0.05) is 18.7 Å². The zero-order valence-corrected chi connectivity index (χ0v) is 7.43. The minimum Gasteiger partial charge on any atom is -0.271 e. The van der Waals surface area contributed by atoms with Crippen LogP contribution in [0.5, 0.6) is 0 Å². The second-order valence-electron chi connectivity index (χ2n) is 2.79. The van der Waals surface area contributed by atoms with E-state index in [-0.39, 0.29) is 0 Å². The Kier molecular flexibility index (Phi) is 1.34. The van der Waals surface area contributed by atoms with Crippen molar-refractivity contribution in [2.24, 2.45) is 7.05 Å². The first kappa shape index (κ1) is 6.40. The summed E-state index contributed by atoms with van der Waals surface area (Å²) in [6.07, 6.45) is 2.68. The van der Waals surface area contributed by atoms with E-state index < -0.39 is 0 Å². The van der Waals surface area contributed by atoms with E-state index in [2.05, 4.69) is 27.1 Å². The van der Waals surface area contributed by atoms with Crippen LogP contribution < -0.4 is 0 Å². The molecule has 1 aromatic rings. The average Bonchev–Trinajstić information content (AvgIpc) is 2.61. The molecular formula is C7H9BrN2. The van der Waals surface area contributed by atoms with Crippen molar-refractivity contribution >= 4 is 15.9 Å². The van der Waals surface area contributed by atoms with Gasteiger partial charge in [-0.1, -0.05) is 0 Å². The highest BCUT2D eigenvalue weighted by atomic mass is 79.9. The summed E-state index contributed by atoms with van der Waals surface area (Å²) in [6, 6.07) is 2.11. The third kappa shape index (κ3) is 0.985. The lowest BCUT2D eigenvalue weighted by atomic mass is 10.3. The molecule has 0 saturated heterocycles. The SMILES string of the molecule is Cn1nc(Br)cc1C1CC1. The third-order valence-corrected chi connectivity index (χ3v) is 2.27. The topological polar surface area (TPSA) is 17.8 Å². The number of hydrogen-bond acceptors (Lipinski definition) is 1. The number of nitrogens with zero attached hydrogens (tertiary/aromatic N) is 2. The zero-order valence-electron chi connectivity index (χ0n) is 5.84. The maximum atomic E-state index is 4.21. The zero-order chi connectivity index (χ0) is 7.14. The van der Waals surface area contributed by atoms with Crippen LogP contribution in [0.15, 0.2) is 10.7 Å². The molecule has 2 rings (SSSR count). The van der Waals surface area contributed by atoms with Crippen molar-refractivity contribution in [3.8, 4) is 0 Å². The summed E-state index contributed by atoms with van der Waals surface area (Å²) in [7, 11) is 2.00. The van der Waals surface area contributed by atoms with Gasteiger partial charge in [-0.2, -0.15) is 5.10 Å². The van der Waals surface area contributed by atoms with Crippen LogP contribution in [-0.4, -0.2) is 9.78 Å². The van der Waals surface area contributed by atoms with Crippen molar-refractivity contribution in [2.75, 3.05) is 0 Å². The molecule has 1 saturated carbocycles. The van der Waals surface area contributed by atoms with Gasteiger partial charge in [-0.25, -0.2) is 0 Å². The second kappa shape index (κ2) is 2.09. The number of rotatable bonds is 1. The lowest BCUT2D eigenvalue weighted by Gasteiger charge is -1.94. The summed E-state index contributed by atoms with van der Waals surface area (Å²) < 4.78 is 2.92. The van der Waals surface area contributed by atoms with Crippen molar-refractivity contribution in [1.82, 2.24) is 9.78 Å². The first-order valence-corrected chi connectivity index (χ1v) is 4.26. The van der Waals surface area contributed by atoms with E-state index in [4.69, 9.17) is 0 Å². The van der Waals surface area contributed by atoms with E-state index in [9.17, 15) is 0 Å². The van der Waals surface area contributed by atoms with Gasteiger partial charge in [-0.15, -0.1) is 0 Å². The molecule has 0 N–H and O–H groups in total. The van der Waals surface area contributed by atoms with Gasteiger partial charge < -0.3 is 0 Å². The van der Waals surface area contributed by atoms with E-state index >= 15 is 0 Å². The lowest BCUT2D eigenvalue weighted by molar-refractivity contribution is 0.709. The van der Waals surface area contributed by atoms with Gasteiger partial charge in [0.1, 0.15) is 4.60 Å². The largest absolute Gasteiger partial charge is 0.271 e. The molecule has 1 fully saturated rings. The van der Waals surface area contributed by atoms with Crippen molar-refractivity contribution < 1.29 is 0 Å². The van der Waals surface area contributed by atoms with Crippen molar-refractivity contribution in [2.45, 2.75) is 18.8 Å². The van der Waals surface area contributed by atoms with Crippen LogP contribution in [0.3, 0.4) is 0 Å². The third-order valence-electron chi connectivity index (χ3n) is 1.88. The van der Waals surface area contributed by atoms with Crippen LogP contribution >= 0.6 is 15.9 Å². The molecule has 1 aliphatic carbocycles. The van der Waals surface area contributed by atoms with Crippen LogP contribution in [-0.2, 0) is 7.05 Å². The number of halogens is 1. The Morgan fingerprint density at radius 1 is 1.70 bits per heavy atom. The molecule has 0 aliphatic heterocycles. The molecule has 0 amide bonds. The fraction of sp³-hybridized carbons (Fsp3) is 0.571. The van der Waals surface area contributed by atoms with Crippen LogP contribution in [0.4, 0.5) is 0 Å².